The Kier molecular flexibility index (Phi) is 5.68. The molecule has 0 bridgehead atoms. The van der Waals surface area contributed by atoms with Gasteiger partial charge in [-0.2, -0.15) is 0 Å². The van der Waals surface area contributed by atoms with Crippen LogP contribution in [-0.4, -0.2) is 20.9 Å². The smallest absolute Gasteiger partial charge is 0.264 e. The normalized spacial score (nSPS) is 13.8. The number of rotatable bonds is 5. The average molecular weight is 419 g/mol. The highest BCUT2D eigenvalue weighted by atomic mass is 32.2. The van der Waals surface area contributed by atoms with Crippen LogP contribution in [0.4, 0.5) is 11.4 Å². The van der Waals surface area contributed by atoms with E-state index in [4.69, 9.17) is 0 Å². The third-order valence-electron chi connectivity index (χ3n) is 4.98. The fourth-order valence-corrected chi connectivity index (χ4v) is 5.09. The first-order chi connectivity index (χ1) is 14.5. The summed E-state index contributed by atoms with van der Waals surface area (Å²) in [7, 11) is -3.62. The number of aryl methyl sites for hydroxylation is 1. The predicted octanol–water partition coefficient (Wildman–Crippen LogP) is 4.48. The van der Waals surface area contributed by atoms with Crippen molar-refractivity contribution in [3.05, 3.63) is 96.1 Å². The molecule has 3 aromatic rings. The molecule has 1 aliphatic heterocycles. The summed E-state index contributed by atoms with van der Waals surface area (Å²) in [5.41, 5.74) is 3.17. The Morgan fingerprint density at radius 1 is 0.933 bits per heavy atom. The molecule has 0 spiro atoms. The van der Waals surface area contributed by atoms with Gasteiger partial charge in [-0.25, -0.2) is 8.42 Å². The summed E-state index contributed by atoms with van der Waals surface area (Å²) in [4.78, 5) is 12.5. The minimum Gasteiger partial charge on any atom is -0.323 e. The lowest BCUT2D eigenvalue weighted by molar-refractivity contribution is -0.111. The summed E-state index contributed by atoms with van der Waals surface area (Å²) in [5.74, 6) is -0.233. The van der Waals surface area contributed by atoms with E-state index in [0.29, 0.717) is 17.9 Å². The zero-order chi connectivity index (χ0) is 21.0. The number of anilines is 2. The summed E-state index contributed by atoms with van der Waals surface area (Å²) in [6, 6.07) is 23.4. The molecule has 1 amide bonds. The molecule has 6 heteroatoms. The molecule has 0 saturated carbocycles. The van der Waals surface area contributed by atoms with Crippen LogP contribution in [0, 0.1) is 0 Å². The number of carbonyl (C=O) groups is 1. The van der Waals surface area contributed by atoms with Gasteiger partial charge in [-0.1, -0.05) is 48.5 Å². The molecule has 1 heterocycles. The van der Waals surface area contributed by atoms with Gasteiger partial charge in [0.1, 0.15) is 0 Å². The second-order valence-corrected chi connectivity index (χ2v) is 8.93. The quantitative estimate of drug-likeness (QED) is 0.621. The van der Waals surface area contributed by atoms with Crippen LogP contribution in [-0.2, 0) is 21.2 Å². The summed E-state index contributed by atoms with van der Waals surface area (Å²) < 4.78 is 27.6. The lowest BCUT2D eigenvalue weighted by atomic mass is 10.0. The van der Waals surface area contributed by atoms with Crippen LogP contribution < -0.4 is 9.62 Å². The van der Waals surface area contributed by atoms with E-state index in [1.165, 1.54) is 10.4 Å². The molecule has 152 valence electrons. The van der Waals surface area contributed by atoms with Gasteiger partial charge in [-0.3, -0.25) is 9.10 Å². The van der Waals surface area contributed by atoms with Crippen LogP contribution in [0.2, 0.25) is 0 Å². The van der Waals surface area contributed by atoms with Crippen molar-refractivity contribution >= 4 is 33.4 Å². The van der Waals surface area contributed by atoms with Gasteiger partial charge in [0.05, 0.1) is 10.6 Å². The standard InChI is InChI=1S/C24H22N2O3S/c27-24(16-13-19-8-3-1-4-9-19)25-21-14-15-23-20(18-21)10-7-17-26(23)30(28,29)22-11-5-2-6-12-22/h1-6,8-9,11-16,18H,7,10,17H2,(H,25,27)/b16-13+. The maximum absolute atomic E-state index is 13.1. The number of nitrogens with one attached hydrogen (secondary N) is 1. The Balaban J connectivity index is 1.54. The summed E-state index contributed by atoms with van der Waals surface area (Å²) in [5, 5.41) is 2.85. The van der Waals surface area contributed by atoms with Crippen molar-refractivity contribution in [1.82, 2.24) is 0 Å². The largest absolute Gasteiger partial charge is 0.323 e. The van der Waals surface area contributed by atoms with Gasteiger partial charge < -0.3 is 5.32 Å². The number of carbonyl (C=O) groups excluding carboxylic acids is 1. The molecule has 3 aromatic carbocycles. The van der Waals surface area contributed by atoms with Crippen LogP contribution in [0.15, 0.2) is 89.8 Å². The zero-order valence-electron chi connectivity index (χ0n) is 16.4. The van der Waals surface area contributed by atoms with Crippen molar-refractivity contribution in [2.75, 3.05) is 16.2 Å². The molecular formula is C24H22N2O3S. The highest BCUT2D eigenvalue weighted by Gasteiger charge is 2.29. The number of benzene rings is 3. The fourth-order valence-electron chi connectivity index (χ4n) is 3.53. The Labute approximate surface area is 176 Å². The molecule has 0 atom stereocenters. The molecule has 1 aliphatic rings. The predicted molar refractivity (Wildman–Crippen MR) is 120 cm³/mol. The third-order valence-corrected chi connectivity index (χ3v) is 6.81. The monoisotopic (exact) mass is 418 g/mol. The fraction of sp³-hybridized carbons (Fsp3) is 0.125. The molecule has 0 fully saturated rings. The van der Waals surface area contributed by atoms with Gasteiger partial charge in [-0.15, -0.1) is 0 Å². The van der Waals surface area contributed by atoms with Crippen LogP contribution in [0.25, 0.3) is 6.08 Å². The van der Waals surface area contributed by atoms with Crippen LogP contribution in [0.5, 0.6) is 0 Å². The maximum Gasteiger partial charge on any atom is 0.264 e. The minimum atomic E-state index is -3.62. The van der Waals surface area contributed by atoms with Gasteiger partial charge in [0.25, 0.3) is 10.0 Å². The molecule has 4 rings (SSSR count). The van der Waals surface area contributed by atoms with Crippen molar-refractivity contribution in [2.45, 2.75) is 17.7 Å². The Morgan fingerprint density at radius 2 is 1.63 bits per heavy atom. The second-order valence-electron chi connectivity index (χ2n) is 7.07. The molecular weight excluding hydrogens is 396 g/mol. The van der Waals surface area contributed by atoms with E-state index in [9.17, 15) is 13.2 Å². The second kappa shape index (κ2) is 8.55. The van der Waals surface area contributed by atoms with Gasteiger partial charge in [0.2, 0.25) is 5.91 Å². The molecule has 0 aliphatic carbocycles. The van der Waals surface area contributed by atoms with Crippen molar-refractivity contribution < 1.29 is 13.2 Å². The first kappa shape index (κ1) is 19.9. The Bertz CT molecular complexity index is 1170. The first-order valence-corrected chi connectivity index (χ1v) is 11.2. The summed E-state index contributed by atoms with van der Waals surface area (Å²) in [6.45, 7) is 0.440. The van der Waals surface area contributed by atoms with Crippen molar-refractivity contribution in [3.8, 4) is 0 Å². The third kappa shape index (κ3) is 4.28. The Hall–Kier alpha value is -3.38. The minimum absolute atomic E-state index is 0.233. The van der Waals surface area contributed by atoms with E-state index >= 15 is 0 Å². The number of sulfonamides is 1. The van der Waals surface area contributed by atoms with Crippen LogP contribution >= 0.6 is 0 Å². The molecule has 30 heavy (non-hydrogen) atoms. The van der Waals surface area contributed by atoms with Gasteiger partial charge in [-0.05, 0) is 60.4 Å². The average Bonchev–Trinajstić information content (AvgIpc) is 2.78. The van der Waals surface area contributed by atoms with E-state index in [-0.39, 0.29) is 10.8 Å². The number of nitrogens with zero attached hydrogens (tertiary/aromatic N) is 1. The number of amides is 1. The topological polar surface area (TPSA) is 66.5 Å². The van der Waals surface area contributed by atoms with E-state index in [0.717, 1.165) is 24.0 Å². The number of fused-ring (bicyclic) bond motifs is 1. The summed E-state index contributed by atoms with van der Waals surface area (Å²) in [6.07, 6.45) is 4.73. The highest BCUT2D eigenvalue weighted by Crippen LogP contribution is 2.33. The molecule has 5 nitrogen and oxygen atoms in total. The molecule has 0 saturated heterocycles. The van der Waals surface area contributed by atoms with Gasteiger partial charge in [0.15, 0.2) is 0 Å². The molecule has 0 aromatic heterocycles. The molecule has 0 unspecified atom stereocenters. The van der Waals surface area contributed by atoms with E-state index in [1.54, 1.807) is 48.5 Å². The van der Waals surface area contributed by atoms with Crippen LogP contribution in [0.1, 0.15) is 17.5 Å². The number of hydrogen-bond donors (Lipinski definition) is 1. The lowest BCUT2D eigenvalue weighted by Crippen LogP contribution is -2.35. The maximum atomic E-state index is 13.1. The molecule has 0 radical (unpaired) electrons. The van der Waals surface area contributed by atoms with E-state index in [2.05, 4.69) is 5.32 Å². The van der Waals surface area contributed by atoms with E-state index < -0.39 is 10.0 Å². The first-order valence-electron chi connectivity index (χ1n) is 9.79. The van der Waals surface area contributed by atoms with Crippen molar-refractivity contribution in [2.24, 2.45) is 0 Å². The molecule has 1 N–H and O–H groups in total. The van der Waals surface area contributed by atoms with Gasteiger partial charge in [0, 0.05) is 18.3 Å². The number of hydrogen-bond acceptors (Lipinski definition) is 3. The van der Waals surface area contributed by atoms with Crippen LogP contribution in [0.3, 0.4) is 0 Å². The van der Waals surface area contributed by atoms with E-state index in [1.807, 2.05) is 36.4 Å². The lowest BCUT2D eigenvalue weighted by Gasteiger charge is -2.30. The Morgan fingerprint density at radius 3 is 2.37 bits per heavy atom. The highest BCUT2D eigenvalue weighted by molar-refractivity contribution is 7.92. The zero-order valence-corrected chi connectivity index (χ0v) is 17.2. The van der Waals surface area contributed by atoms with Crippen molar-refractivity contribution in [3.63, 3.8) is 0 Å². The summed E-state index contributed by atoms with van der Waals surface area (Å²) >= 11 is 0. The van der Waals surface area contributed by atoms with Gasteiger partial charge >= 0.3 is 0 Å². The SMILES string of the molecule is O=C(/C=C/c1ccccc1)Nc1ccc2c(c1)CCCN2S(=O)(=O)c1ccccc1. The van der Waals surface area contributed by atoms with Crippen molar-refractivity contribution in [1.29, 1.82) is 0 Å².